The van der Waals surface area contributed by atoms with Crippen molar-refractivity contribution < 1.29 is 13.2 Å². The average Bonchev–Trinajstić information content (AvgIpc) is 3.10. The van der Waals surface area contributed by atoms with E-state index in [1.54, 1.807) is 0 Å². The number of guanidine groups is 1. The van der Waals surface area contributed by atoms with Gasteiger partial charge in [-0.3, -0.25) is 9.89 Å². The maximum atomic E-state index is 12.5. The first kappa shape index (κ1) is 24.4. The van der Waals surface area contributed by atoms with Gasteiger partial charge in [-0.15, -0.1) is 24.0 Å². The quantitative estimate of drug-likeness (QED) is 0.219. The zero-order valence-corrected chi connectivity index (χ0v) is 19.2. The third-order valence-corrected chi connectivity index (χ3v) is 4.65. The summed E-state index contributed by atoms with van der Waals surface area (Å²) < 4.78 is 37.6. The van der Waals surface area contributed by atoms with E-state index in [-0.39, 0.29) is 30.0 Å². The standard InChI is InChI=1S/C20H27F3N6.HI/c1-2-24-19(27-16-9-12-29(13-16)14-20(21,22)23)26-11-10-25-18-8-7-15-5-3-4-6-17(15)28-18;/h3-8,16H,2,9-14H2,1H3,(H,25,28)(H2,24,26,27);1H. The molecule has 0 bridgehead atoms. The molecular weight excluding hydrogens is 508 g/mol. The molecule has 1 aromatic carbocycles. The Morgan fingerprint density at radius 2 is 2.03 bits per heavy atom. The molecule has 1 aromatic heterocycles. The second-order valence-electron chi connectivity index (χ2n) is 7.06. The summed E-state index contributed by atoms with van der Waals surface area (Å²) in [4.78, 5) is 10.5. The summed E-state index contributed by atoms with van der Waals surface area (Å²) in [6, 6.07) is 11.8. The number of pyridine rings is 1. The van der Waals surface area contributed by atoms with Gasteiger partial charge in [-0.05, 0) is 31.5 Å². The van der Waals surface area contributed by atoms with Gasteiger partial charge in [0.2, 0.25) is 0 Å². The highest BCUT2D eigenvalue weighted by Crippen LogP contribution is 2.20. The number of para-hydroxylation sites is 1. The van der Waals surface area contributed by atoms with Crippen LogP contribution in [-0.4, -0.2) is 67.3 Å². The minimum atomic E-state index is -4.16. The fraction of sp³-hybridized carbons (Fsp3) is 0.500. The molecule has 10 heteroatoms. The van der Waals surface area contributed by atoms with Gasteiger partial charge in [-0.2, -0.15) is 13.2 Å². The number of fused-ring (bicyclic) bond motifs is 1. The van der Waals surface area contributed by atoms with Gasteiger partial charge in [0, 0.05) is 37.6 Å². The van der Waals surface area contributed by atoms with Gasteiger partial charge in [0.05, 0.1) is 18.6 Å². The first-order valence-corrected chi connectivity index (χ1v) is 9.86. The van der Waals surface area contributed by atoms with Crippen LogP contribution in [0.3, 0.4) is 0 Å². The van der Waals surface area contributed by atoms with Gasteiger partial charge in [0.1, 0.15) is 5.82 Å². The fourth-order valence-electron chi connectivity index (χ4n) is 3.38. The van der Waals surface area contributed by atoms with Crippen LogP contribution in [0, 0.1) is 0 Å². The van der Waals surface area contributed by atoms with Crippen LogP contribution in [0.5, 0.6) is 0 Å². The molecule has 1 saturated heterocycles. The van der Waals surface area contributed by atoms with Crippen molar-refractivity contribution in [2.75, 3.05) is 44.6 Å². The first-order valence-electron chi connectivity index (χ1n) is 9.86. The molecule has 1 atom stereocenters. The van der Waals surface area contributed by atoms with Crippen molar-refractivity contribution in [1.29, 1.82) is 0 Å². The Morgan fingerprint density at radius 3 is 2.80 bits per heavy atom. The molecule has 1 fully saturated rings. The molecule has 30 heavy (non-hydrogen) atoms. The number of benzene rings is 1. The van der Waals surface area contributed by atoms with Crippen LogP contribution in [0.2, 0.25) is 0 Å². The Morgan fingerprint density at radius 1 is 1.23 bits per heavy atom. The Balaban J connectivity index is 0.00000320. The van der Waals surface area contributed by atoms with E-state index in [1.807, 2.05) is 43.3 Å². The van der Waals surface area contributed by atoms with Crippen LogP contribution >= 0.6 is 24.0 Å². The molecule has 0 radical (unpaired) electrons. The van der Waals surface area contributed by atoms with Crippen molar-refractivity contribution >= 4 is 46.7 Å². The van der Waals surface area contributed by atoms with Crippen LogP contribution in [0.15, 0.2) is 41.4 Å². The predicted octanol–water partition coefficient (Wildman–Crippen LogP) is 3.46. The number of hydrogen-bond donors (Lipinski definition) is 3. The van der Waals surface area contributed by atoms with Gasteiger partial charge >= 0.3 is 6.18 Å². The Labute approximate surface area is 191 Å². The lowest BCUT2D eigenvalue weighted by Crippen LogP contribution is -2.45. The van der Waals surface area contributed by atoms with Gasteiger partial charge < -0.3 is 16.0 Å². The Hall–Kier alpha value is -1.82. The van der Waals surface area contributed by atoms with Gasteiger partial charge in [-0.1, -0.05) is 18.2 Å². The average molecular weight is 536 g/mol. The van der Waals surface area contributed by atoms with Crippen molar-refractivity contribution in [1.82, 2.24) is 20.5 Å². The first-order chi connectivity index (χ1) is 13.9. The van der Waals surface area contributed by atoms with E-state index in [2.05, 4.69) is 25.9 Å². The molecule has 1 unspecified atom stereocenters. The molecular formula is C20H28F3IN6. The lowest BCUT2D eigenvalue weighted by Gasteiger charge is -2.19. The zero-order chi connectivity index (χ0) is 20.7. The number of nitrogens with zero attached hydrogens (tertiary/aromatic N) is 3. The molecule has 166 valence electrons. The second kappa shape index (κ2) is 11.5. The smallest absolute Gasteiger partial charge is 0.368 e. The fourth-order valence-corrected chi connectivity index (χ4v) is 3.38. The van der Waals surface area contributed by atoms with Crippen LogP contribution in [-0.2, 0) is 0 Å². The lowest BCUT2D eigenvalue weighted by molar-refractivity contribution is -0.143. The molecule has 0 amide bonds. The molecule has 2 aromatic rings. The van der Waals surface area contributed by atoms with E-state index in [9.17, 15) is 13.2 Å². The van der Waals surface area contributed by atoms with Crippen molar-refractivity contribution in [3.8, 4) is 0 Å². The van der Waals surface area contributed by atoms with Crippen molar-refractivity contribution in [2.45, 2.75) is 25.6 Å². The number of rotatable bonds is 7. The summed E-state index contributed by atoms with van der Waals surface area (Å²) in [5.41, 5.74) is 0.931. The number of halogens is 4. The molecule has 1 aliphatic heterocycles. The summed E-state index contributed by atoms with van der Waals surface area (Å²) in [5.74, 6) is 1.41. The number of aromatic nitrogens is 1. The van der Waals surface area contributed by atoms with Crippen molar-refractivity contribution in [3.63, 3.8) is 0 Å². The monoisotopic (exact) mass is 536 g/mol. The SMILES string of the molecule is CCNC(=NCCNc1ccc2ccccc2n1)NC1CCN(CC(F)(F)F)C1.I. The lowest BCUT2D eigenvalue weighted by atomic mass is 10.2. The molecule has 3 N–H and O–H groups in total. The third-order valence-electron chi connectivity index (χ3n) is 4.65. The number of nitrogens with one attached hydrogen (secondary N) is 3. The molecule has 0 saturated carbocycles. The minimum Gasteiger partial charge on any atom is -0.368 e. The summed E-state index contributed by atoms with van der Waals surface area (Å²) in [6.07, 6.45) is -3.49. The third kappa shape index (κ3) is 7.78. The minimum absolute atomic E-state index is 0. The topological polar surface area (TPSA) is 64.6 Å². The van der Waals surface area contributed by atoms with Gasteiger partial charge in [-0.25, -0.2) is 4.98 Å². The van der Waals surface area contributed by atoms with E-state index in [1.165, 1.54) is 4.90 Å². The van der Waals surface area contributed by atoms with Crippen LogP contribution < -0.4 is 16.0 Å². The highest BCUT2D eigenvalue weighted by Gasteiger charge is 2.34. The zero-order valence-electron chi connectivity index (χ0n) is 16.9. The number of hydrogen-bond acceptors (Lipinski definition) is 4. The number of likely N-dealkylation sites (tertiary alicyclic amines) is 1. The Kier molecular flexibility index (Phi) is 9.40. The molecule has 3 rings (SSSR count). The van der Waals surface area contributed by atoms with Crippen molar-refractivity contribution in [3.05, 3.63) is 36.4 Å². The largest absolute Gasteiger partial charge is 0.401 e. The van der Waals surface area contributed by atoms with E-state index in [0.717, 1.165) is 16.7 Å². The number of alkyl halides is 3. The van der Waals surface area contributed by atoms with E-state index >= 15 is 0 Å². The normalized spacial score (nSPS) is 17.6. The van der Waals surface area contributed by atoms with Gasteiger partial charge in [0.15, 0.2) is 5.96 Å². The molecule has 6 nitrogen and oxygen atoms in total. The summed E-state index contributed by atoms with van der Waals surface area (Å²) in [5, 5.41) is 10.7. The van der Waals surface area contributed by atoms with E-state index in [4.69, 9.17) is 0 Å². The molecule has 2 heterocycles. The Bertz CT molecular complexity index is 830. The maximum Gasteiger partial charge on any atom is 0.401 e. The van der Waals surface area contributed by atoms with Crippen LogP contribution in [0.4, 0.5) is 19.0 Å². The number of aliphatic imine (C=N–C) groups is 1. The second-order valence-corrected chi connectivity index (χ2v) is 7.06. The molecule has 0 spiro atoms. The summed E-state index contributed by atoms with van der Waals surface area (Å²) >= 11 is 0. The highest BCUT2D eigenvalue weighted by atomic mass is 127. The molecule has 1 aliphatic rings. The maximum absolute atomic E-state index is 12.5. The number of anilines is 1. The molecule has 0 aliphatic carbocycles. The summed E-state index contributed by atoms with van der Waals surface area (Å²) in [6.45, 7) is 3.70. The van der Waals surface area contributed by atoms with E-state index in [0.29, 0.717) is 45.1 Å². The van der Waals surface area contributed by atoms with Gasteiger partial charge in [0.25, 0.3) is 0 Å². The van der Waals surface area contributed by atoms with Crippen molar-refractivity contribution in [2.24, 2.45) is 4.99 Å². The summed E-state index contributed by atoms with van der Waals surface area (Å²) in [7, 11) is 0. The predicted molar refractivity (Wildman–Crippen MR) is 126 cm³/mol. The highest BCUT2D eigenvalue weighted by molar-refractivity contribution is 14.0. The van der Waals surface area contributed by atoms with Crippen LogP contribution in [0.1, 0.15) is 13.3 Å². The van der Waals surface area contributed by atoms with Crippen LogP contribution in [0.25, 0.3) is 10.9 Å². The van der Waals surface area contributed by atoms with E-state index < -0.39 is 12.7 Å².